The van der Waals surface area contributed by atoms with E-state index in [1.54, 1.807) is 4.90 Å². The molecule has 0 spiro atoms. The Morgan fingerprint density at radius 1 is 1.00 bits per heavy atom. The van der Waals surface area contributed by atoms with E-state index >= 15 is 0 Å². The van der Waals surface area contributed by atoms with Crippen LogP contribution < -0.4 is 10.2 Å². The molecule has 3 aromatic rings. The van der Waals surface area contributed by atoms with Gasteiger partial charge in [-0.1, -0.05) is 30.3 Å². The van der Waals surface area contributed by atoms with Crippen LogP contribution in [0.2, 0.25) is 0 Å². The van der Waals surface area contributed by atoms with E-state index in [9.17, 15) is 9.59 Å². The van der Waals surface area contributed by atoms with Crippen molar-refractivity contribution in [2.75, 3.05) is 16.8 Å². The van der Waals surface area contributed by atoms with Gasteiger partial charge >= 0.3 is 0 Å². The Kier molecular flexibility index (Phi) is 4.54. The summed E-state index contributed by atoms with van der Waals surface area (Å²) in [5, 5.41) is 4.88. The predicted octanol–water partition coefficient (Wildman–Crippen LogP) is 4.79. The Hall–Kier alpha value is -2.92. The first-order valence-electron chi connectivity index (χ1n) is 8.57. The van der Waals surface area contributed by atoms with Gasteiger partial charge in [0, 0.05) is 29.9 Å². The van der Waals surface area contributed by atoms with Crippen LogP contribution in [0.25, 0.3) is 11.1 Å². The molecule has 26 heavy (non-hydrogen) atoms. The molecule has 0 radical (unpaired) electrons. The summed E-state index contributed by atoms with van der Waals surface area (Å²) in [4.78, 5) is 27.0. The SMILES string of the molecule is O=C(Nc1ccc(N2CCCC2=O)cc1)c1sccc1-c1ccccc1. The lowest BCUT2D eigenvalue weighted by Crippen LogP contribution is -2.23. The Balaban J connectivity index is 1.51. The van der Waals surface area contributed by atoms with Gasteiger partial charge in [-0.3, -0.25) is 9.59 Å². The molecule has 1 aliphatic heterocycles. The first-order valence-corrected chi connectivity index (χ1v) is 9.45. The van der Waals surface area contributed by atoms with Crippen molar-refractivity contribution in [1.29, 1.82) is 0 Å². The fourth-order valence-corrected chi connectivity index (χ4v) is 3.97. The van der Waals surface area contributed by atoms with E-state index in [1.807, 2.05) is 66.0 Å². The largest absolute Gasteiger partial charge is 0.321 e. The topological polar surface area (TPSA) is 49.4 Å². The summed E-state index contributed by atoms with van der Waals surface area (Å²) in [7, 11) is 0. The number of hydrogen-bond donors (Lipinski definition) is 1. The van der Waals surface area contributed by atoms with Crippen LogP contribution in [-0.2, 0) is 4.79 Å². The zero-order chi connectivity index (χ0) is 17.9. The fourth-order valence-electron chi connectivity index (χ4n) is 3.16. The molecule has 130 valence electrons. The minimum Gasteiger partial charge on any atom is -0.321 e. The number of hydrogen-bond acceptors (Lipinski definition) is 3. The van der Waals surface area contributed by atoms with Crippen molar-refractivity contribution in [1.82, 2.24) is 0 Å². The smallest absolute Gasteiger partial charge is 0.266 e. The first-order chi connectivity index (χ1) is 12.7. The minimum atomic E-state index is -0.121. The summed E-state index contributed by atoms with van der Waals surface area (Å²) in [5.74, 6) is 0.0386. The molecular formula is C21H18N2O2S. The lowest BCUT2D eigenvalue weighted by atomic mass is 10.1. The molecule has 1 saturated heterocycles. The normalized spacial score (nSPS) is 13.8. The van der Waals surface area contributed by atoms with E-state index in [4.69, 9.17) is 0 Å². The highest BCUT2D eigenvalue weighted by Crippen LogP contribution is 2.29. The summed E-state index contributed by atoms with van der Waals surface area (Å²) < 4.78 is 0. The van der Waals surface area contributed by atoms with Crippen LogP contribution in [0.4, 0.5) is 11.4 Å². The second-order valence-corrected chi connectivity index (χ2v) is 7.10. The summed E-state index contributed by atoms with van der Waals surface area (Å²) in [6, 6.07) is 19.3. The van der Waals surface area contributed by atoms with Crippen molar-refractivity contribution in [3.8, 4) is 11.1 Å². The Morgan fingerprint density at radius 2 is 1.77 bits per heavy atom. The molecular weight excluding hydrogens is 344 g/mol. The molecule has 2 amide bonds. The molecule has 0 aliphatic carbocycles. The molecule has 2 heterocycles. The number of anilines is 2. The average molecular weight is 362 g/mol. The van der Waals surface area contributed by atoms with Gasteiger partial charge in [-0.05, 0) is 47.7 Å². The van der Waals surface area contributed by atoms with Gasteiger partial charge in [0.15, 0.2) is 0 Å². The van der Waals surface area contributed by atoms with Crippen molar-refractivity contribution in [3.63, 3.8) is 0 Å². The Morgan fingerprint density at radius 3 is 2.46 bits per heavy atom. The summed E-state index contributed by atoms with van der Waals surface area (Å²) in [5.41, 5.74) is 3.57. The van der Waals surface area contributed by atoms with Crippen molar-refractivity contribution in [2.24, 2.45) is 0 Å². The fraction of sp³-hybridized carbons (Fsp3) is 0.143. The molecule has 4 nitrogen and oxygen atoms in total. The second-order valence-electron chi connectivity index (χ2n) is 6.18. The molecule has 2 aromatic carbocycles. The van der Waals surface area contributed by atoms with Crippen molar-refractivity contribution >= 4 is 34.5 Å². The average Bonchev–Trinajstić information content (AvgIpc) is 3.32. The van der Waals surface area contributed by atoms with Crippen LogP contribution in [0.5, 0.6) is 0 Å². The monoisotopic (exact) mass is 362 g/mol. The molecule has 4 rings (SSSR count). The van der Waals surface area contributed by atoms with Crippen LogP contribution in [0.1, 0.15) is 22.5 Å². The summed E-state index contributed by atoms with van der Waals surface area (Å²) >= 11 is 1.43. The van der Waals surface area contributed by atoms with Crippen LogP contribution >= 0.6 is 11.3 Å². The van der Waals surface area contributed by atoms with Crippen LogP contribution in [0.15, 0.2) is 66.0 Å². The number of benzene rings is 2. The molecule has 0 saturated carbocycles. The molecule has 1 fully saturated rings. The van der Waals surface area contributed by atoms with Crippen LogP contribution in [0, 0.1) is 0 Å². The number of nitrogens with one attached hydrogen (secondary N) is 1. The summed E-state index contributed by atoms with van der Waals surface area (Å²) in [6.45, 7) is 0.764. The lowest BCUT2D eigenvalue weighted by molar-refractivity contribution is -0.117. The number of nitrogens with zero attached hydrogens (tertiary/aromatic N) is 1. The first kappa shape index (κ1) is 16.5. The molecule has 1 N–H and O–H groups in total. The Labute approximate surface area is 156 Å². The minimum absolute atomic E-state index is 0.121. The third-order valence-corrected chi connectivity index (χ3v) is 5.38. The zero-order valence-electron chi connectivity index (χ0n) is 14.1. The molecule has 1 aromatic heterocycles. The molecule has 0 unspecified atom stereocenters. The molecule has 5 heteroatoms. The molecule has 1 aliphatic rings. The molecule has 0 atom stereocenters. The quantitative estimate of drug-likeness (QED) is 0.725. The van der Waals surface area contributed by atoms with Gasteiger partial charge in [-0.15, -0.1) is 11.3 Å². The van der Waals surface area contributed by atoms with E-state index in [-0.39, 0.29) is 11.8 Å². The van der Waals surface area contributed by atoms with E-state index in [1.165, 1.54) is 11.3 Å². The van der Waals surface area contributed by atoms with Crippen molar-refractivity contribution in [3.05, 3.63) is 70.9 Å². The highest BCUT2D eigenvalue weighted by molar-refractivity contribution is 7.12. The lowest BCUT2D eigenvalue weighted by Gasteiger charge is -2.16. The van der Waals surface area contributed by atoms with Crippen LogP contribution in [-0.4, -0.2) is 18.4 Å². The van der Waals surface area contributed by atoms with Crippen LogP contribution in [0.3, 0.4) is 0 Å². The molecule has 0 bridgehead atoms. The van der Waals surface area contributed by atoms with Gasteiger partial charge in [-0.2, -0.15) is 0 Å². The van der Waals surface area contributed by atoms with E-state index in [0.29, 0.717) is 11.3 Å². The number of carbonyl (C=O) groups is 2. The predicted molar refractivity (Wildman–Crippen MR) is 106 cm³/mol. The summed E-state index contributed by atoms with van der Waals surface area (Å²) in [6.07, 6.45) is 1.51. The van der Waals surface area contributed by atoms with Crippen molar-refractivity contribution < 1.29 is 9.59 Å². The van der Waals surface area contributed by atoms with Gasteiger partial charge in [0.1, 0.15) is 0 Å². The third kappa shape index (κ3) is 3.26. The van der Waals surface area contributed by atoms with Crippen molar-refractivity contribution in [2.45, 2.75) is 12.8 Å². The zero-order valence-corrected chi connectivity index (χ0v) is 15.0. The maximum atomic E-state index is 12.7. The number of rotatable bonds is 4. The van der Waals surface area contributed by atoms with Gasteiger partial charge in [0.25, 0.3) is 5.91 Å². The maximum Gasteiger partial charge on any atom is 0.266 e. The third-order valence-electron chi connectivity index (χ3n) is 4.47. The standard InChI is InChI=1S/C21H18N2O2S/c24-19-7-4-13-23(19)17-10-8-16(9-11-17)22-21(25)20-18(12-14-26-20)15-5-2-1-3-6-15/h1-3,5-6,8-12,14H,4,7,13H2,(H,22,25). The highest BCUT2D eigenvalue weighted by atomic mass is 32.1. The highest BCUT2D eigenvalue weighted by Gasteiger charge is 2.21. The van der Waals surface area contributed by atoms with Gasteiger partial charge in [0.2, 0.25) is 5.91 Å². The van der Waals surface area contributed by atoms with Gasteiger partial charge < -0.3 is 10.2 Å². The maximum absolute atomic E-state index is 12.7. The number of amides is 2. The number of carbonyl (C=O) groups excluding carboxylic acids is 2. The Bertz CT molecular complexity index is 932. The number of thiophene rings is 1. The second kappa shape index (κ2) is 7.14. The van der Waals surface area contributed by atoms with E-state index < -0.39 is 0 Å². The van der Waals surface area contributed by atoms with E-state index in [2.05, 4.69) is 5.32 Å². The van der Waals surface area contributed by atoms with E-state index in [0.717, 1.165) is 35.5 Å². The van der Waals surface area contributed by atoms with Gasteiger partial charge in [0.05, 0.1) is 4.88 Å². The van der Waals surface area contributed by atoms with Gasteiger partial charge in [-0.25, -0.2) is 0 Å².